The molecule has 0 bridgehead atoms. The molecule has 78 heavy (non-hydrogen) atoms. The second-order valence-electron chi connectivity index (χ2n) is 21.5. The van der Waals surface area contributed by atoms with E-state index in [2.05, 4.69) is 254 Å². The molecule has 0 fully saturated rings. The van der Waals surface area contributed by atoms with Crippen molar-refractivity contribution in [2.24, 2.45) is 15.9 Å². The quantitative estimate of drug-likeness (QED) is 0.169. The number of allylic oxidation sites excluding steroid dienone is 1. The Hall–Kier alpha value is -9.64. The van der Waals surface area contributed by atoms with Crippen LogP contribution in [-0.4, -0.2) is 16.1 Å². The van der Waals surface area contributed by atoms with Crippen molar-refractivity contribution >= 4 is 104 Å². The van der Waals surface area contributed by atoms with Gasteiger partial charge >= 0.3 is 0 Å². The Kier molecular flexibility index (Phi) is 10.1. The lowest BCUT2D eigenvalue weighted by Crippen LogP contribution is -2.18. The van der Waals surface area contributed by atoms with Crippen LogP contribution in [0.2, 0.25) is 0 Å². The van der Waals surface area contributed by atoms with Crippen LogP contribution < -0.4 is 0 Å². The number of benzene rings is 12. The molecule has 2 aliphatic rings. The SMILES string of the molecule is CC1C/C=C(\c2ccc3c(c2)CCC(c2ccccc2)c2ccccc2-3)N=C(c2ccc3c(oc4ccc5ccccc5c43)c2-n2c3cc4ccccc4cc3c3c4ccccc4ccc32)N=C1c1cccc2ccccc12. The zero-order valence-corrected chi connectivity index (χ0v) is 43.1. The fourth-order valence-electron chi connectivity index (χ4n) is 13.4. The number of rotatable bonds is 5. The molecule has 2 atom stereocenters. The van der Waals surface area contributed by atoms with Crippen LogP contribution in [-0.2, 0) is 6.42 Å². The third-order valence-electron chi connectivity index (χ3n) is 17.1. The van der Waals surface area contributed by atoms with Gasteiger partial charge in [0, 0.05) is 50.1 Å². The summed E-state index contributed by atoms with van der Waals surface area (Å²) >= 11 is 0. The molecule has 1 aliphatic heterocycles. The van der Waals surface area contributed by atoms with Crippen LogP contribution in [0.15, 0.2) is 257 Å². The number of aromatic nitrogens is 1. The monoisotopic (exact) mass is 997 g/mol. The minimum Gasteiger partial charge on any atom is -0.454 e. The van der Waals surface area contributed by atoms with Gasteiger partial charge < -0.3 is 8.98 Å². The summed E-state index contributed by atoms with van der Waals surface area (Å²) in [6.07, 6.45) is 5.09. The van der Waals surface area contributed by atoms with Gasteiger partial charge in [0.25, 0.3) is 0 Å². The zero-order chi connectivity index (χ0) is 51.4. The van der Waals surface area contributed by atoms with Crippen LogP contribution in [0.25, 0.3) is 109 Å². The average Bonchev–Trinajstić information content (AvgIpc) is 4.18. The van der Waals surface area contributed by atoms with Crippen LogP contribution in [0, 0.1) is 5.92 Å². The third kappa shape index (κ3) is 6.99. The summed E-state index contributed by atoms with van der Waals surface area (Å²) in [4.78, 5) is 11.9. The molecule has 0 amide bonds. The molecule has 1 aliphatic carbocycles. The first-order valence-corrected chi connectivity index (χ1v) is 27.5. The van der Waals surface area contributed by atoms with Crippen molar-refractivity contribution in [3.05, 3.63) is 276 Å². The normalized spacial score (nSPS) is 16.5. The van der Waals surface area contributed by atoms with Crippen LogP contribution in [0.1, 0.15) is 59.1 Å². The number of furan rings is 1. The van der Waals surface area contributed by atoms with Crippen molar-refractivity contribution in [2.45, 2.75) is 32.1 Å². The molecule has 0 spiro atoms. The lowest BCUT2D eigenvalue weighted by molar-refractivity contribution is 0.666. The largest absolute Gasteiger partial charge is 0.454 e. The van der Waals surface area contributed by atoms with Crippen LogP contribution in [0.3, 0.4) is 0 Å². The highest BCUT2D eigenvalue weighted by molar-refractivity contribution is 6.27. The summed E-state index contributed by atoms with van der Waals surface area (Å²) in [5.41, 5.74) is 16.4. The summed E-state index contributed by atoms with van der Waals surface area (Å²) in [5, 5.41) is 14.0. The van der Waals surface area contributed by atoms with E-state index in [0.717, 1.165) is 91.4 Å². The molecule has 4 nitrogen and oxygen atoms in total. The minimum absolute atomic E-state index is 0.0476. The summed E-state index contributed by atoms with van der Waals surface area (Å²) in [5.74, 6) is 0.984. The first-order valence-electron chi connectivity index (χ1n) is 27.5. The summed E-state index contributed by atoms with van der Waals surface area (Å²) < 4.78 is 9.85. The number of nitrogens with zero attached hydrogens (tertiary/aromatic N) is 3. The topological polar surface area (TPSA) is 42.8 Å². The number of aliphatic imine (C=N–C) groups is 2. The van der Waals surface area contributed by atoms with Gasteiger partial charge in [0.15, 0.2) is 11.4 Å². The zero-order valence-electron chi connectivity index (χ0n) is 43.1. The standard InChI is InChI=1S/C74H51N3O/c1-45-30-39-65(53-32-36-56-52(42-53)31-35-55(46-16-3-2-4-17-46)59-27-13-14-28-60(56)59)75-74(76-71(45)61-29-15-23-47-18-7-10-24-54(47)61)63-38-37-62-70-58-26-12-9-20-49(58)34-41-68(70)78-73(62)72(63)77-66-40-33-48-19-8-11-25-57(48)69(66)64-43-50-21-5-6-22-51(50)44-67(64)77/h2-29,32-34,36-45,55H,30-31,35H2,1H3/b65-39+,75-74?,76-71?. The molecule has 12 aromatic carbocycles. The van der Waals surface area contributed by atoms with Crippen LogP contribution >= 0.6 is 0 Å². The highest BCUT2D eigenvalue weighted by atomic mass is 16.3. The van der Waals surface area contributed by atoms with Crippen LogP contribution in [0.5, 0.6) is 0 Å². The Balaban J connectivity index is 0.999. The van der Waals surface area contributed by atoms with Gasteiger partial charge in [-0.2, -0.15) is 0 Å². The Labute approximate surface area is 451 Å². The number of hydrogen-bond acceptors (Lipinski definition) is 3. The molecular formula is C74H51N3O. The van der Waals surface area contributed by atoms with Gasteiger partial charge in [-0.3, -0.25) is 0 Å². The lowest BCUT2D eigenvalue weighted by atomic mass is 9.86. The first-order chi connectivity index (χ1) is 38.6. The van der Waals surface area contributed by atoms with E-state index in [4.69, 9.17) is 14.4 Å². The third-order valence-corrected chi connectivity index (χ3v) is 17.1. The summed E-state index contributed by atoms with van der Waals surface area (Å²) in [6, 6.07) is 86.8. The Morgan fingerprint density at radius 2 is 1.12 bits per heavy atom. The predicted molar refractivity (Wildman–Crippen MR) is 328 cm³/mol. The van der Waals surface area contributed by atoms with Gasteiger partial charge in [-0.25, -0.2) is 9.98 Å². The smallest absolute Gasteiger partial charge is 0.162 e. The number of fused-ring (bicyclic) bond motifs is 15. The number of amidine groups is 1. The van der Waals surface area contributed by atoms with Crippen molar-refractivity contribution in [2.75, 3.05) is 0 Å². The summed E-state index contributed by atoms with van der Waals surface area (Å²) in [7, 11) is 0. The van der Waals surface area contributed by atoms with E-state index >= 15 is 0 Å². The highest BCUT2D eigenvalue weighted by Crippen LogP contribution is 2.46. The highest BCUT2D eigenvalue weighted by Gasteiger charge is 2.29. The maximum Gasteiger partial charge on any atom is 0.162 e. The fourth-order valence-corrected chi connectivity index (χ4v) is 13.4. The molecule has 0 saturated heterocycles. The predicted octanol–water partition coefficient (Wildman–Crippen LogP) is 19.4. The van der Waals surface area contributed by atoms with E-state index in [0.29, 0.717) is 11.8 Å². The molecule has 16 rings (SSSR count). The van der Waals surface area contributed by atoms with E-state index in [-0.39, 0.29) is 5.92 Å². The molecule has 368 valence electrons. The van der Waals surface area contributed by atoms with Gasteiger partial charge in [0.2, 0.25) is 0 Å². The van der Waals surface area contributed by atoms with E-state index in [1.54, 1.807) is 0 Å². The average molecular weight is 998 g/mol. The molecule has 2 aromatic heterocycles. The van der Waals surface area contributed by atoms with Crippen molar-refractivity contribution in [1.29, 1.82) is 0 Å². The molecule has 0 N–H and O–H groups in total. The maximum atomic E-state index is 7.38. The summed E-state index contributed by atoms with van der Waals surface area (Å²) in [6.45, 7) is 2.33. The molecule has 0 radical (unpaired) electrons. The van der Waals surface area contributed by atoms with Crippen molar-refractivity contribution < 1.29 is 4.42 Å². The van der Waals surface area contributed by atoms with E-state index < -0.39 is 0 Å². The fraction of sp³-hybridized carbons (Fsp3) is 0.0811. The number of aryl methyl sites for hydroxylation is 1. The molecule has 14 aromatic rings. The second-order valence-corrected chi connectivity index (χ2v) is 21.5. The molecule has 3 heterocycles. The first kappa shape index (κ1) is 44.6. The van der Waals surface area contributed by atoms with E-state index in [9.17, 15) is 0 Å². The lowest BCUT2D eigenvalue weighted by Gasteiger charge is -2.21. The molecule has 4 heteroatoms. The van der Waals surface area contributed by atoms with Crippen LogP contribution in [0.4, 0.5) is 0 Å². The minimum atomic E-state index is 0.0476. The van der Waals surface area contributed by atoms with Gasteiger partial charge in [-0.15, -0.1) is 0 Å². The van der Waals surface area contributed by atoms with Gasteiger partial charge in [0.1, 0.15) is 11.3 Å². The Bertz CT molecular complexity index is 4910. The Morgan fingerprint density at radius 3 is 1.94 bits per heavy atom. The van der Waals surface area contributed by atoms with Crippen molar-refractivity contribution in [1.82, 2.24) is 4.57 Å². The van der Waals surface area contributed by atoms with Crippen molar-refractivity contribution in [3.8, 4) is 16.8 Å². The number of hydrogen-bond donors (Lipinski definition) is 0. The van der Waals surface area contributed by atoms with Gasteiger partial charge in [-0.05, 0) is 133 Å². The van der Waals surface area contributed by atoms with Gasteiger partial charge in [0.05, 0.1) is 22.4 Å². The molecular weight excluding hydrogens is 947 g/mol. The molecule has 2 unspecified atom stereocenters. The van der Waals surface area contributed by atoms with Gasteiger partial charge in [-0.1, -0.05) is 207 Å². The second kappa shape index (κ2) is 17.7. The molecule has 0 saturated carbocycles. The van der Waals surface area contributed by atoms with E-state index in [1.807, 2.05) is 0 Å². The van der Waals surface area contributed by atoms with Crippen molar-refractivity contribution in [3.63, 3.8) is 0 Å². The Morgan fingerprint density at radius 1 is 0.462 bits per heavy atom. The van der Waals surface area contributed by atoms with E-state index in [1.165, 1.54) is 76.3 Å². The maximum absolute atomic E-state index is 7.38.